The maximum atomic E-state index is 13.6. The standard InChI is InChI=1S/C12H6BrClF2N2O/c13-6-3-9(15)11(10(16)4-6)18-12(19)7-5-17-2-1-8(7)14/h1-5H,(H,18,19). The van der Waals surface area contributed by atoms with Crippen molar-refractivity contribution in [1.29, 1.82) is 0 Å². The smallest absolute Gasteiger partial charge is 0.258 e. The van der Waals surface area contributed by atoms with E-state index in [1.807, 2.05) is 0 Å². The monoisotopic (exact) mass is 346 g/mol. The van der Waals surface area contributed by atoms with Crippen LogP contribution in [0.5, 0.6) is 0 Å². The quantitative estimate of drug-likeness (QED) is 0.891. The molecule has 2 rings (SSSR count). The second-order valence-corrected chi connectivity index (χ2v) is 4.88. The first-order valence-corrected chi connectivity index (χ1v) is 6.21. The van der Waals surface area contributed by atoms with E-state index in [2.05, 4.69) is 26.2 Å². The lowest BCUT2D eigenvalue weighted by Gasteiger charge is -2.08. The number of hydrogen-bond donors (Lipinski definition) is 1. The lowest BCUT2D eigenvalue weighted by atomic mass is 10.2. The van der Waals surface area contributed by atoms with Crippen molar-refractivity contribution in [3.63, 3.8) is 0 Å². The van der Waals surface area contributed by atoms with Crippen LogP contribution in [0.15, 0.2) is 35.1 Å². The summed E-state index contributed by atoms with van der Waals surface area (Å²) in [5.74, 6) is -2.52. The van der Waals surface area contributed by atoms with E-state index in [0.717, 1.165) is 12.1 Å². The molecule has 0 aliphatic rings. The van der Waals surface area contributed by atoms with E-state index in [1.165, 1.54) is 18.5 Å². The van der Waals surface area contributed by atoms with Gasteiger partial charge in [-0.15, -0.1) is 0 Å². The number of nitrogens with one attached hydrogen (secondary N) is 1. The van der Waals surface area contributed by atoms with Crippen LogP contribution < -0.4 is 5.32 Å². The van der Waals surface area contributed by atoms with Crippen molar-refractivity contribution in [2.24, 2.45) is 0 Å². The first-order chi connectivity index (χ1) is 8.99. The fourth-order valence-electron chi connectivity index (χ4n) is 1.39. The molecular formula is C12H6BrClF2N2O. The number of carbonyl (C=O) groups excluding carboxylic acids is 1. The van der Waals surface area contributed by atoms with E-state index in [1.54, 1.807) is 0 Å². The van der Waals surface area contributed by atoms with Gasteiger partial charge in [-0.25, -0.2) is 8.78 Å². The average molecular weight is 348 g/mol. The predicted octanol–water partition coefficient (Wildman–Crippen LogP) is 4.03. The normalized spacial score (nSPS) is 10.3. The number of carbonyl (C=O) groups is 1. The molecule has 1 aromatic heterocycles. The van der Waals surface area contributed by atoms with Crippen LogP contribution in [0.4, 0.5) is 14.5 Å². The Kier molecular flexibility index (Phi) is 4.11. The summed E-state index contributed by atoms with van der Waals surface area (Å²) in [6.45, 7) is 0. The van der Waals surface area contributed by atoms with Crippen molar-refractivity contribution in [2.45, 2.75) is 0 Å². The summed E-state index contributed by atoms with van der Waals surface area (Å²) in [6, 6.07) is 3.50. The molecule has 0 bridgehead atoms. The van der Waals surface area contributed by atoms with Gasteiger partial charge in [0.2, 0.25) is 0 Å². The van der Waals surface area contributed by atoms with Crippen molar-refractivity contribution in [3.05, 3.63) is 57.3 Å². The van der Waals surface area contributed by atoms with Crippen molar-refractivity contribution in [3.8, 4) is 0 Å². The number of benzene rings is 1. The van der Waals surface area contributed by atoms with E-state index >= 15 is 0 Å². The molecular weight excluding hydrogens is 341 g/mol. The number of amides is 1. The molecule has 1 amide bonds. The Bertz CT molecular complexity index is 628. The molecule has 1 N–H and O–H groups in total. The minimum absolute atomic E-state index is 0.0332. The minimum atomic E-state index is -0.889. The molecule has 19 heavy (non-hydrogen) atoms. The molecule has 0 radical (unpaired) electrons. The van der Waals surface area contributed by atoms with Gasteiger partial charge in [-0.1, -0.05) is 27.5 Å². The topological polar surface area (TPSA) is 42.0 Å². The number of nitrogens with zero attached hydrogens (tertiary/aromatic N) is 1. The van der Waals surface area contributed by atoms with E-state index < -0.39 is 23.2 Å². The van der Waals surface area contributed by atoms with Gasteiger partial charge in [0.05, 0.1) is 10.6 Å². The highest BCUT2D eigenvalue weighted by Crippen LogP contribution is 2.25. The third-order valence-corrected chi connectivity index (χ3v) is 3.05. The molecule has 0 aliphatic heterocycles. The number of hydrogen-bond acceptors (Lipinski definition) is 2. The highest BCUT2D eigenvalue weighted by molar-refractivity contribution is 9.10. The van der Waals surface area contributed by atoms with Crippen LogP contribution in [0, 0.1) is 11.6 Å². The third-order valence-electron chi connectivity index (χ3n) is 2.26. The maximum absolute atomic E-state index is 13.6. The molecule has 98 valence electrons. The minimum Gasteiger partial charge on any atom is -0.317 e. The van der Waals surface area contributed by atoms with Gasteiger partial charge in [-0.3, -0.25) is 9.78 Å². The van der Waals surface area contributed by atoms with E-state index in [9.17, 15) is 13.6 Å². The van der Waals surface area contributed by atoms with Crippen LogP contribution in [-0.2, 0) is 0 Å². The molecule has 0 fully saturated rings. The average Bonchev–Trinajstić information content (AvgIpc) is 2.34. The van der Waals surface area contributed by atoms with Crippen LogP contribution in [-0.4, -0.2) is 10.9 Å². The van der Waals surface area contributed by atoms with Gasteiger partial charge in [0.15, 0.2) is 11.6 Å². The molecule has 2 aromatic rings. The molecule has 1 aromatic carbocycles. The van der Waals surface area contributed by atoms with Gasteiger partial charge < -0.3 is 5.32 Å². The number of rotatable bonds is 2. The zero-order chi connectivity index (χ0) is 14.0. The fourth-order valence-corrected chi connectivity index (χ4v) is 1.98. The summed E-state index contributed by atoms with van der Waals surface area (Å²) in [5, 5.41) is 2.27. The van der Waals surface area contributed by atoms with E-state index in [4.69, 9.17) is 11.6 Å². The number of halogens is 4. The van der Waals surface area contributed by atoms with Crippen LogP contribution in [0.2, 0.25) is 5.02 Å². The zero-order valence-corrected chi connectivity index (χ0v) is 11.6. The van der Waals surface area contributed by atoms with Crippen molar-refractivity contribution >= 4 is 39.1 Å². The molecule has 0 saturated heterocycles. The second kappa shape index (κ2) is 5.63. The largest absolute Gasteiger partial charge is 0.317 e. The molecule has 0 atom stereocenters. The number of pyridine rings is 1. The maximum Gasteiger partial charge on any atom is 0.258 e. The van der Waals surface area contributed by atoms with Gasteiger partial charge in [-0.05, 0) is 18.2 Å². The summed E-state index contributed by atoms with van der Waals surface area (Å²) in [5.41, 5.74) is -0.501. The van der Waals surface area contributed by atoms with Crippen LogP contribution in [0.25, 0.3) is 0 Å². The Morgan fingerprint density at radius 2 is 1.95 bits per heavy atom. The SMILES string of the molecule is O=C(Nc1c(F)cc(Br)cc1F)c1cnccc1Cl. The second-order valence-electron chi connectivity index (χ2n) is 3.55. The van der Waals surface area contributed by atoms with Gasteiger partial charge in [0.25, 0.3) is 5.91 Å². The molecule has 0 saturated carbocycles. The summed E-state index contributed by atoms with van der Waals surface area (Å²) in [7, 11) is 0. The Morgan fingerprint density at radius 1 is 1.32 bits per heavy atom. The molecule has 0 unspecified atom stereocenters. The van der Waals surface area contributed by atoms with Crippen molar-refractivity contribution in [1.82, 2.24) is 4.98 Å². The van der Waals surface area contributed by atoms with Gasteiger partial charge >= 0.3 is 0 Å². The van der Waals surface area contributed by atoms with E-state index in [-0.39, 0.29) is 15.1 Å². The summed E-state index contributed by atoms with van der Waals surface area (Å²) >= 11 is 8.74. The fraction of sp³-hybridized carbons (Fsp3) is 0. The lowest BCUT2D eigenvalue weighted by molar-refractivity contribution is 0.102. The van der Waals surface area contributed by atoms with Gasteiger partial charge in [-0.2, -0.15) is 0 Å². The van der Waals surface area contributed by atoms with Gasteiger partial charge in [0.1, 0.15) is 5.69 Å². The Labute approximate surface area is 120 Å². The van der Waals surface area contributed by atoms with Crippen LogP contribution in [0.1, 0.15) is 10.4 Å². The summed E-state index contributed by atoms with van der Waals surface area (Å²) in [4.78, 5) is 15.6. The predicted molar refractivity (Wildman–Crippen MR) is 71.3 cm³/mol. The summed E-state index contributed by atoms with van der Waals surface area (Å²) < 4.78 is 27.3. The molecule has 0 spiro atoms. The van der Waals surface area contributed by atoms with Crippen molar-refractivity contribution < 1.29 is 13.6 Å². The van der Waals surface area contributed by atoms with Crippen molar-refractivity contribution in [2.75, 3.05) is 5.32 Å². The molecule has 7 heteroatoms. The summed E-state index contributed by atoms with van der Waals surface area (Å²) in [6.07, 6.45) is 2.62. The zero-order valence-electron chi connectivity index (χ0n) is 9.25. The Hall–Kier alpha value is -1.53. The highest BCUT2D eigenvalue weighted by Gasteiger charge is 2.16. The Balaban J connectivity index is 2.32. The van der Waals surface area contributed by atoms with Gasteiger partial charge in [0, 0.05) is 16.9 Å². The van der Waals surface area contributed by atoms with E-state index in [0.29, 0.717) is 0 Å². The first kappa shape index (κ1) is 13.9. The third kappa shape index (κ3) is 3.08. The number of aromatic nitrogens is 1. The van der Waals surface area contributed by atoms with Crippen LogP contribution >= 0.6 is 27.5 Å². The number of anilines is 1. The van der Waals surface area contributed by atoms with Crippen LogP contribution in [0.3, 0.4) is 0 Å². The molecule has 1 heterocycles. The first-order valence-electron chi connectivity index (χ1n) is 5.04. The molecule has 3 nitrogen and oxygen atoms in total. The molecule has 0 aliphatic carbocycles. The highest BCUT2D eigenvalue weighted by atomic mass is 79.9. The lowest BCUT2D eigenvalue weighted by Crippen LogP contribution is -2.15. The Morgan fingerprint density at radius 3 is 2.53 bits per heavy atom.